The summed E-state index contributed by atoms with van der Waals surface area (Å²) in [5.41, 5.74) is 0.793. The summed E-state index contributed by atoms with van der Waals surface area (Å²) in [6.07, 6.45) is -2.53. The summed E-state index contributed by atoms with van der Waals surface area (Å²) in [5.74, 6) is 1.06. The summed E-state index contributed by atoms with van der Waals surface area (Å²) in [6, 6.07) is 10.7. The topological polar surface area (TPSA) is 47.0 Å². The van der Waals surface area contributed by atoms with E-state index in [4.69, 9.17) is 4.74 Å². The third-order valence-electron chi connectivity index (χ3n) is 2.35. The van der Waals surface area contributed by atoms with Crippen molar-refractivity contribution in [1.82, 2.24) is 9.97 Å². The number of anilines is 1. The lowest BCUT2D eigenvalue weighted by Gasteiger charge is -2.09. The summed E-state index contributed by atoms with van der Waals surface area (Å²) in [7, 11) is 1.69. The zero-order valence-corrected chi connectivity index (χ0v) is 10.3. The van der Waals surface area contributed by atoms with Gasteiger partial charge in [-0.05, 0) is 0 Å². The fraction of sp³-hybridized carbons (Fsp3) is 0.231. The highest BCUT2D eigenvalue weighted by molar-refractivity contribution is 5.58. The van der Waals surface area contributed by atoms with Crippen molar-refractivity contribution in [3.05, 3.63) is 36.4 Å². The molecule has 1 aromatic heterocycles. The zero-order chi connectivity index (χ0) is 13.7. The van der Waals surface area contributed by atoms with E-state index in [2.05, 4.69) is 15.3 Å². The highest BCUT2D eigenvalue weighted by Gasteiger charge is 2.09. The van der Waals surface area contributed by atoms with Crippen LogP contribution in [0.4, 0.5) is 14.6 Å². The molecule has 4 nitrogen and oxygen atoms in total. The fourth-order valence-electron chi connectivity index (χ4n) is 1.49. The maximum Gasteiger partial charge on any atom is 0.272 e. The number of hydrogen-bond acceptors (Lipinski definition) is 4. The number of hydrogen-bond donors (Lipinski definition) is 1. The lowest BCUT2D eigenvalue weighted by molar-refractivity contribution is 0.0796. The second-order valence-corrected chi connectivity index (χ2v) is 3.73. The van der Waals surface area contributed by atoms with E-state index >= 15 is 0 Å². The number of benzene rings is 1. The van der Waals surface area contributed by atoms with Crippen molar-refractivity contribution in [2.24, 2.45) is 0 Å². The molecule has 0 radical (unpaired) electrons. The third-order valence-corrected chi connectivity index (χ3v) is 2.35. The molecule has 0 aliphatic heterocycles. The minimum atomic E-state index is -2.53. The fourth-order valence-corrected chi connectivity index (χ4v) is 1.49. The summed E-state index contributed by atoms with van der Waals surface area (Å²) in [4.78, 5) is 8.38. The lowest BCUT2D eigenvalue weighted by Crippen LogP contribution is -2.09. The largest absolute Gasteiger partial charge is 0.471 e. The Morgan fingerprint density at radius 1 is 1.21 bits per heavy atom. The maximum absolute atomic E-state index is 12.1. The van der Waals surface area contributed by atoms with E-state index in [-0.39, 0.29) is 5.88 Å². The van der Waals surface area contributed by atoms with E-state index < -0.39 is 13.0 Å². The first-order chi connectivity index (χ1) is 9.19. The molecule has 6 heteroatoms. The predicted molar refractivity (Wildman–Crippen MR) is 68.5 cm³/mol. The lowest BCUT2D eigenvalue weighted by atomic mass is 10.2. The smallest absolute Gasteiger partial charge is 0.272 e. The van der Waals surface area contributed by atoms with Gasteiger partial charge in [0, 0.05) is 18.7 Å². The van der Waals surface area contributed by atoms with Gasteiger partial charge in [0.25, 0.3) is 6.43 Å². The van der Waals surface area contributed by atoms with E-state index in [1.165, 1.54) is 6.07 Å². The molecule has 0 aliphatic rings. The van der Waals surface area contributed by atoms with Crippen LogP contribution in [0.1, 0.15) is 0 Å². The van der Waals surface area contributed by atoms with Gasteiger partial charge in [0.15, 0.2) is 12.4 Å². The van der Waals surface area contributed by atoms with Crippen molar-refractivity contribution in [3.63, 3.8) is 0 Å². The summed E-state index contributed by atoms with van der Waals surface area (Å²) in [6.45, 7) is -0.686. The van der Waals surface area contributed by atoms with Crippen LogP contribution in [0.2, 0.25) is 0 Å². The Morgan fingerprint density at radius 2 is 1.95 bits per heavy atom. The van der Waals surface area contributed by atoms with E-state index in [0.29, 0.717) is 11.6 Å². The van der Waals surface area contributed by atoms with Crippen molar-refractivity contribution >= 4 is 5.82 Å². The number of alkyl halides is 2. The molecule has 0 atom stereocenters. The molecule has 2 aromatic rings. The molecule has 0 spiro atoms. The van der Waals surface area contributed by atoms with Gasteiger partial charge in [-0.25, -0.2) is 13.8 Å². The van der Waals surface area contributed by atoms with Crippen molar-refractivity contribution in [2.45, 2.75) is 6.43 Å². The normalized spacial score (nSPS) is 10.5. The Kier molecular flexibility index (Phi) is 4.22. The van der Waals surface area contributed by atoms with E-state index in [9.17, 15) is 8.78 Å². The quantitative estimate of drug-likeness (QED) is 0.903. The van der Waals surface area contributed by atoms with Crippen LogP contribution in [-0.2, 0) is 0 Å². The molecule has 0 bridgehead atoms. The van der Waals surface area contributed by atoms with Crippen LogP contribution in [0.25, 0.3) is 11.4 Å². The van der Waals surface area contributed by atoms with Gasteiger partial charge in [-0.2, -0.15) is 4.98 Å². The molecule has 0 saturated heterocycles. The van der Waals surface area contributed by atoms with Gasteiger partial charge in [0.05, 0.1) is 0 Å². The van der Waals surface area contributed by atoms with Crippen LogP contribution in [-0.4, -0.2) is 30.0 Å². The van der Waals surface area contributed by atoms with Crippen LogP contribution in [0.15, 0.2) is 36.4 Å². The zero-order valence-electron chi connectivity index (χ0n) is 10.3. The average Bonchev–Trinajstić information content (AvgIpc) is 2.45. The molecule has 1 N–H and O–H groups in total. The highest BCUT2D eigenvalue weighted by atomic mass is 19.3. The second kappa shape index (κ2) is 6.08. The van der Waals surface area contributed by atoms with E-state index in [1.807, 2.05) is 30.3 Å². The molecule has 0 fully saturated rings. The van der Waals surface area contributed by atoms with Crippen molar-refractivity contribution in [3.8, 4) is 17.3 Å². The Morgan fingerprint density at radius 3 is 2.58 bits per heavy atom. The SMILES string of the molecule is CNc1cc(OCC(F)F)nc(-c2ccccc2)n1. The number of nitrogens with one attached hydrogen (secondary N) is 1. The standard InChI is InChI=1S/C13H13F2N3O/c1-16-11-7-12(19-8-10(14)15)18-13(17-11)9-5-3-2-4-6-9/h2-7,10H,8H2,1H3,(H,16,17,18). The van der Waals surface area contributed by atoms with Gasteiger partial charge in [-0.1, -0.05) is 30.3 Å². The predicted octanol–water partition coefficient (Wildman–Crippen LogP) is 2.83. The monoisotopic (exact) mass is 265 g/mol. The molecule has 0 aliphatic carbocycles. The van der Waals surface area contributed by atoms with E-state index in [1.54, 1.807) is 7.05 Å². The van der Waals surface area contributed by atoms with Crippen molar-refractivity contribution < 1.29 is 13.5 Å². The maximum atomic E-state index is 12.1. The first-order valence-corrected chi connectivity index (χ1v) is 5.72. The van der Waals surface area contributed by atoms with Gasteiger partial charge >= 0.3 is 0 Å². The first-order valence-electron chi connectivity index (χ1n) is 5.72. The van der Waals surface area contributed by atoms with Crippen LogP contribution in [0, 0.1) is 0 Å². The van der Waals surface area contributed by atoms with Crippen molar-refractivity contribution in [2.75, 3.05) is 19.0 Å². The second-order valence-electron chi connectivity index (χ2n) is 3.73. The number of rotatable bonds is 5. The van der Waals surface area contributed by atoms with Gasteiger partial charge in [0.2, 0.25) is 5.88 Å². The first kappa shape index (κ1) is 13.2. The third kappa shape index (κ3) is 3.61. The van der Waals surface area contributed by atoms with E-state index in [0.717, 1.165) is 5.56 Å². The van der Waals surface area contributed by atoms with Gasteiger partial charge in [-0.3, -0.25) is 0 Å². The number of aromatic nitrogens is 2. The number of nitrogens with zero attached hydrogens (tertiary/aromatic N) is 2. The van der Waals surface area contributed by atoms with Crippen LogP contribution < -0.4 is 10.1 Å². The van der Waals surface area contributed by atoms with Crippen LogP contribution >= 0.6 is 0 Å². The molecular weight excluding hydrogens is 252 g/mol. The average molecular weight is 265 g/mol. The number of halogens is 2. The number of ether oxygens (including phenoxy) is 1. The minimum absolute atomic E-state index is 0.124. The molecular formula is C13H13F2N3O. The molecule has 0 unspecified atom stereocenters. The summed E-state index contributed by atoms with van der Waals surface area (Å²) < 4.78 is 29.2. The highest BCUT2D eigenvalue weighted by Crippen LogP contribution is 2.21. The molecule has 1 aromatic carbocycles. The van der Waals surface area contributed by atoms with Gasteiger partial charge in [0.1, 0.15) is 5.82 Å². The molecule has 100 valence electrons. The van der Waals surface area contributed by atoms with Crippen LogP contribution in [0.5, 0.6) is 5.88 Å². The minimum Gasteiger partial charge on any atom is -0.471 e. The molecule has 2 rings (SSSR count). The van der Waals surface area contributed by atoms with Crippen LogP contribution in [0.3, 0.4) is 0 Å². The Bertz CT molecular complexity index is 535. The molecule has 0 saturated carbocycles. The summed E-state index contributed by atoms with van der Waals surface area (Å²) >= 11 is 0. The Labute approximate surface area is 109 Å². The Hall–Kier alpha value is -2.24. The summed E-state index contributed by atoms with van der Waals surface area (Å²) in [5, 5.41) is 2.85. The van der Waals surface area contributed by atoms with Gasteiger partial charge in [-0.15, -0.1) is 0 Å². The molecule has 19 heavy (non-hydrogen) atoms. The van der Waals surface area contributed by atoms with Crippen molar-refractivity contribution in [1.29, 1.82) is 0 Å². The molecule has 0 amide bonds. The van der Waals surface area contributed by atoms with Gasteiger partial charge < -0.3 is 10.1 Å². The Balaban J connectivity index is 2.31. The molecule has 1 heterocycles.